The second-order valence-corrected chi connectivity index (χ2v) is 10.3. The lowest BCUT2D eigenvalue weighted by molar-refractivity contribution is 0.455. The van der Waals surface area contributed by atoms with Crippen LogP contribution in [0.15, 0.2) is 59.1 Å². The molecule has 0 spiro atoms. The molecule has 0 aliphatic carbocycles. The molecule has 2 aromatic carbocycles. The largest absolute Gasteiger partial charge is 0.355 e. The number of fused-ring (bicyclic) bond motifs is 2. The molecule has 8 heteroatoms. The van der Waals surface area contributed by atoms with Gasteiger partial charge in [0.2, 0.25) is 10.0 Å². The monoisotopic (exact) mass is 454 g/mol. The Labute approximate surface area is 186 Å². The molecule has 1 atom stereocenters. The lowest BCUT2D eigenvalue weighted by atomic mass is 10.0. The molecule has 0 bridgehead atoms. The summed E-state index contributed by atoms with van der Waals surface area (Å²) in [6.45, 7) is 4.67. The molecule has 0 fully saturated rings. The van der Waals surface area contributed by atoms with Crippen LogP contribution in [0.2, 0.25) is 0 Å². The number of rotatable bonds is 9. The van der Waals surface area contributed by atoms with E-state index in [0.717, 1.165) is 51.8 Å². The molecule has 0 saturated heterocycles. The Balaban J connectivity index is 1.63. The Bertz CT molecular complexity index is 1300. The number of nitrogens with one attached hydrogen (secondary N) is 2. The highest BCUT2D eigenvalue weighted by molar-refractivity contribution is 7.89. The van der Waals surface area contributed by atoms with Gasteiger partial charge in [-0.15, -0.1) is 11.3 Å². The summed E-state index contributed by atoms with van der Waals surface area (Å²) in [6, 6.07) is 12.9. The first kappa shape index (κ1) is 21.7. The maximum absolute atomic E-state index is 12.9. The van der Waals surface area contributed by atoms with E-state index in [1.165, 1.54) is 0 Å². The van der Waals surface area contributed by atoms with Crippen molar-refractivity contribution in [3.05, 3.63) is 54.2 Å². The zero-order chi connectivity index (χ0) is 21.8. The standard InChI is InChI=1S/C23H26N4O2S2/c1-3-5-16(4-2)14-26-31(28,29)18-7-8-20-19(13-18)21(10-11-24-20)27-17-6-9-23-22(12-17)25-15-30-23/h6-13,15-16,26H,3-5,14H2,1-2H3,(H,24,27). The summed E-state index contributed by atoms with van der Waals surface area (Å²) in [7, 11) is -3.60. The van der Waals surface area contributed by atoms with E-state index in [0.29, 0.717) is 12.5 Å². The van der Waals surface area contributed by atoms with Crippen molar-refractivity contribution in [3.63, 3.8) is 0 Å². The van der Waals surface area contributed by atoms with Gasteiger partial charge in [0.15, 0.2) is 0 Å². The number of benzene rings is 2. The molecule has 0 radical (unpaired) electrons. The minimum absolute atomic E-state index is 0.248. The van der Waals surface area contributed by atoms with Gasteiger partial charge < -0.3 is 5.32 Å². The van der Waals surface area contributed by atoms with Crippen molar-refractivity contribution in [2.24, 2.45) is 5.92 Å². The first-order valence-corrected chi connectivity index (χ1v) is 12.8. The zero-order valence-corrected chi connectivity index (χ0v) is 19.3. The average molecular weight is 455 g/mol. The number of nitrogens with zero attached hydrogens (tertiary/aromatic N) is 2. The number of anilines is 2. The number of sulfonamides is 1. The van der Waals surface area contributed by atoms with E-state index in [4.69, 9.17) is 0 Å². The molecule has 0 amide bonds. The van der Waals surface area contributed by atoms with Crippen LogP contribution >= 0.6 is 11.3 Å². The molecular weight excluding hydrogens is 428 g/mol. The topological polar surface area (TPSA) is 84.0 Å². The van der Waals surface area contributed by atoms with E-state index >= 15 is 0 Å². The lowest BCUT2D eigenvalue weighted by Gasteiger charge is -2.15. The Morgan fingerprint density at radius 1 is 1.03 bits per heavy atom. The van der Waals surface area contributed by atoms with Crippen molar-refractivity contribution in [2.45, 2.75) is 38.0 Å². The van der Waals surface area contributed by atoms with Gasteiger partial charge in [-0.25, -0.2) is 18.1 Å². The van der Waals surface area contributed by atoms with Crippen molar-refractivity contribution >= 4 is 53.9 Å². The molecule has 31 heavy (non-hydrogen) atoms. The van der Waals surface area contributed by atoms with Crippen LogP contribution in [0.3, 0.4) is 0 Å². The normalized spacial score (nSPS) is 13.0. The van der Waals surface area contributed by atoms with E-state index in [1.54, 1.807) is 35.7 Å². The molecule has 6 nitrogen and oxygen atoms in total. The molecule has 0 aliphatic heterocycles. The second kappa shape index (κ2) is 9.30. The maximum Gasteiger partial charge on any atom is 0.240 e. The highest BCUT2D eigenvalue weighted by Crippen LogP contribution is 2.29. The molecule has 4 aromatic rings. The average Bonchev–Trinajstić information content (AvgIpc) is 3.24. The van der Waals surface area contributed by atoms with Gasteiger partial charge in [0, 0.05) is 29.5 Å². The van der Waals surface area contributed by atoms with Gasteiger partial charge in [-0.05, 0) is 54.8 Å². The fourth-order valence-corrected chi connectivity index (χ4v) is 5.46. The third kappa shape index (κ3) is 4.87. The quantitative estimate of drug-likeness (QED) is 0.339. The predicted octanol–water partition coefficient (Wildman–Crippen LogP) is 5.69. The van der Waals surface area contributed by atoms with Gasteiger partial charge in [0.05, 0.1) is 26.1 Å². The van der Waals surface area contributed by atoms with E-state index in [9.17, 15) is 8.42 Å². The molecule has 0 saturated carbocycles. The molecule has 2 N–H and O–H groups in total. The minimum Gasteiger partial charge on any atom is -0.355 e. The molecule has 4 rings (SSSR count). The number of hydrogen-bond acceptors (Lipinski definition) is 6. The van der Waals surface area contributed by atoms with Crippen molar-refractivity contribution < 1.29 is 8.42 Å². The van der Waals surface area contributed by atoms with Gasteiger partial charge in [0.1, 0.15) is 0 Å². The van der Waals surface area contributed by atoms with Crippen LogP contribution in [0.25, 0.3) is 21.1 Å². The Kier molecular flexibility index (Phi) is 6.50. The van der Waals surface area contributed by atoms with Crippen LogP contribution in [0.5, 0.6) is 0 Å². The Hall–Kier alpha value is -2.55. The number of hydrogen-bond donors (Lipinski definition) is 2. The molecule has 162 valence electrons. The summed E-state index contributed by atoms with van der Waals surface area (Å²) in [5.41, 5.74) is 5.18. The maximum atomic E-state index is 12.9. The SMILES string of the molecule is CCCC(CC)CNS(=O)(=O)c1ccc2nccc(Nc3ccc4scnc4c3)c2c1. The number of pyridine rings is 1. The number of aromatic nitrogens is 2. The van der Waals surface area contributed by atoms with Gasteiger partial charge in [-0.3, -0.25) is 4.98 Å². The van der Waals surface area contributed by atoms with Gasteiger partial charge in [0.25, 0.3) is 0 Å². The smallest absolute Gasteiger partial charge is 0.240 e. The van der Waals surface area contributed by atoms with Crippen molar-refractivity contribution in [3.8, 4) is 0 Å². The van der Waals surface area contributed by atoms with E-state index in [-0.39, 0.29) is 4.90 Å². The summed E-state index contributed by atoms with van der Waals surface area (Å²) in [5.74, 6) is 0.347. The summed E-state index contributed by atoms with van der Waals surface area (Å²) in [6.07, 6.45) is 4.73. The van der Waals surface area contributed by atoms with Crippen molar-refractivity contribution in [1.29, 1.82) is 0 Å². The predicted molar refractivity (Wildman–Crippen MR) is 129 cm³/mol. The summed E-state index contributed by atoms with van der Waals surface area (Å²) in [4.78, 5) is 9.00. The Morgan fingerprint density at radius 3 is 2.71 bits per heavy atom. The van der Waals surface area contributed by atoms with Crippen LogP contribution in [-0.4, -0.2) is 24.9 Å². The first-order chi connectivity index (χ1) is 15.0. The molecule has 2 heterocycles. The Morgan fingerprint density at radius 2 is 1.90 bits per heavy atom. The van der Waals surface area contributed by atoms with Gasteiger partial charge in [-0.2, -0.15) is 0 Å². The number of thiazole rings is 1. The molecule has 1 unspecified atom stereocenters. The second-order valence-electron chi connectivity index (χ2n) is 7.61. The van der Waals surface area contributed by atoms with Crippen molar-refractivity contribution in [1.82, 2.24) is 14.7 Å². The molecule has 0 aliphatic rings. The zero-order valence-electron chi connectivity index (χ0n) is 17.6. The van der Waals surface area contributed by atoms with Gasteiger partial charge >= 0.3 is 0 Å². The summed E-state index contributed by atoms with van der Waals surface area (Å²) >= 11 is 1.60. The van der Waals surface area contributed by atoms with E-state index < -0.39 is 10.0 Å². The van der Waals surface area contributed by atoms with Crippen LogP contribution in [0, 0.1) is 5.92 Å². The van der Waals surface area contributed by atoms with Gasteiger partial charge in [-0.1, -0.05) is 26.7 Å². The third-order valence-corrected chi connectivity index (χ3v) is 7.70. The fourth-order valence-electron chi connectivity index (χ4n) is 3.66. The molecule has 2 aromatic heterocycles. The third-order valence-electron chi connectivity index (χ3n) is 5.47. The fraction of sp³-hybridized carbons (Fsp3) is 0.304. The highest BCUT2D eigenvalue weighted by atomic mass is 32.2. The highest BCUT2D eigenvalue weighted by Gasteiger charge is 2.17. The van der Waals surface area contributed by atoms with Crippen LogP contribution in [0.1, 0.15) is 33.1 Å². The van der Waals surface area contributed by atoms with E-state index in [1.807, 2.05) is 29.8 Å². The van der Waals surface area contributed by atoms with Crippen LogP contribution in [-0.2, 0) is 10.0 Å². The minimum atomic E-state index is -3.60. The van der Waals surface area contributed by atoms with E-state index in [2.05, 4.69) is 33.9 Å². The van der Waals surface area contributed by atoms with Crippen LogP contribution < -0.4 is 10.0 Å². The first-order valence-electron chi connectivity index (χ1n) is 10.5. The van der Waals surface area contributed by atoms with Crippen LogP contribution in [0.4, 0.5) is 11.4 Å². The van der Waals surface area contributed by atoms with Crippen molar-refractivity contribution in [2.75, 3.05) is 11.9 Å². The lowest BCUT2D eigenvalue weighted by Crippen LogP contribution is -2.29. The molecular formula is C23H26N4O2S2. The summed E-state index contributed by atoms with van der Waals surface area (Å²) in [5, 5.41) is 4.15. The summed E-state index contributed by atoms with van der Waals surface area (Å²) < 4.78 is 29.8.